The summed E-state index contributed by atoms with van der Waals surface area (Å²) in [5, 5.41) is 13.8. The molecule has 0 heterocycles. The summed E-state index contributed by atoms with van der Waals surface area (Å²) in [4.78, 5) is 25.2. The van der Waals surface area contributed by atoms with E-state index in [-0.39, 0.29) is 19.1 Å². The molecule has 48 heavy (non-hydrogen) atoms. The second-order valence-electron chi connectivity index (χ2n) is 15.4. The number of aliphatic hydroxyl groups excluding tert-OH is 1. The molecule has 3 atom stereocenters. The summed E-state index contributed by atoms with van der Waals surface area (Å²) < 4.78 is 23.2. The van der Waals surface area contributed by atoms with Gasteiger partial charge in [0.1, 0.15) is 13.2 Å². The van der Waals surface area contributed by atoms with Crippen molar-refractivity contribution in [3.8, 4) is 0 Å². The number of phosphoric acid groups is 1. The molecule has 8 nitrogen and oxygen atoms in total. The highest BCUT2D eigenvalue weighted by Gasteiger charge is 2.24. The largest absolute Gasteiger partial charge is 0.756 e. The van der Waals surface area contributed by atoms with Crippen LogP contribution in [0.15, 0.2) is 0 Å². The number of likely N-dealkylation sites (N-methyl/N-ethyl adjacent to an activating group) is 1. The van der Waals surface area contributed by atoms with Gasteiger partial charge in [0.15, 0.2) is 0 Å². The van der Waals surface area contributed by atoms with Crippen LogP contribution in [0.5, 0.6) is 0 Å². The molecule has 3 unspecified atom stereocenters. The van der Waals surface area contributed by atoms with Gasteiger partial charge >= 0.3 is 0 Å². The van der Waals surface area contributed by atoms with Crippen molar-refractivity contribution in [1.29, 1.82) is 0 Å². The summed E-state index contributed by atoms with van der Waals surface area (Å²) in [5.41, 5.74) is 0. The molecule has 0 aliphatic carbocycles. The highest BCUT2D eigenvalue weighted by atomic mass is 31.2. The highest BCUT2D eigenvalue weighted by Crippen LogP contribution is 2.38. The maximum atomic E-state index is 12.8. The van der Waals surface area contributed by atoms with Gasteiger partial charge in [-0.15, -0.1) is 0 Å². The summed E-state index contributed by atoms with van der Waals surface area (Å²) >= 11 is 0. The minimum atomic E-state index is -4.55. The molecular formula is C39H81N2O6P. The van der Waals surface area contributed by atoms with Gasteiger partial charge < -0.3 is 28.8 Å². The number of rotatable bonds is 37. The number of phosphoric ester groups is 1. The number of hydrogen-bond donors (Lipinski definition) is 2. The van der Waals surface area contributed by atoms with Crippen LogP contribution < -0.4 is 10.2 Å². The Balaban J connectivity index is 4.41. The van der Waals surface area contributed by atoms with E-state index < -0.39 is 20.0 Å². The zero-order chi connectivity index (χ0) is 35.8. The minimum absolute atomic E-state index is 0.0157. The molecule has 0 aliphatic heterocycles. The van der Waals surface area contributed by atoms with Gasteiger partial charge in [-0.2, -0.15) is 0 Å². The van der Waals surface area contributed by atoms with Gasteiger partial charge in [0.05, 0.1) is 39.9 Å². The van der Waals surface area contributed by atoms with Crippen molar-refractivity contribution < 1.29 is 32.9 Å². The molecular weight excluding hydrogens is 623 g/mol. The first-order valence-corrected chi connectivity index (χ1v) is 21.8. The smallest absolute Gasteiger partial charge is 0.268 e. The van der Waals surface area contributed by atoms with Gasteiger partial charge in [0.25, 0.3) is 7.82 Å². The van der Waals surface area contributed by atoms with E-state index in [2.05, 4.69) is 19.2 Å². The normalized spacial score (nSPS) is 14.6. The number of carbonyl (C=O) groups excluding carboxylic acids is 1. The predicted octanol–water partition coefficient (Wildman–Crippen LogP) is 10.0. The molecule has 0 fully saturated rings. The average molecular weight is 705 g/mol. The third-order valence-corrected chi connectivity index (χ3v) is 10.3. The van der Waals surface area contributed by atoms with E-state index in [1.807, 2.05) is 21.1 Å². The van der Waals surface area contributed by atoms with Crippen LogP contribution in [0.2, 0.25) is 0 Å². The van der Waals surface area contributed by atoms with Crippen LogP contribution in [-0.2, 0) is 18.4 Å². The Hall–Kier alpha value is -0.500. The van der Waals surface area contributed by atoms with E-state index in [9.17, 15) is 19.4 Å². The Kier molecular flexibility index (Phi) is 32.1. The minimum Gasteiger partial charge on any atom is -0.756 e. The fraction of sp³-hybridized carbons (Fsp3) is 0.974. The summed E-state index contributed by atoms with van der Waals surface area (Å²) in [6, 6.07) is -0.791. The third kappa shape index (κ3) is 34.0. The topological polar surface area (TPSA) is 108 Å². The number of carbonyl (C=O) groups is 1. The fourth-order valence-corrected chi connectivity index (χ4v) is 6.76. The molecule has 0 radical (unpaired) electrons. The molecule has 288 valence electrons. The number of nitrogens with one attached hydrogen (secondary N) is 1. The Morgan fingerprint density at radius 1 is 0.646 bits per heavy atom. The lowest BCUT2D eigenvalue weighted by molar-refractivity contribution is -0.870. The first-order chi connectivity index (χ1) is 23.0. The van der Waals surface area contributed by atoms with E-state index >= 15 is 0 Å². The van der Waals surface area contributed by atoms with Gasteiger partial charge in [-0.05, 0) is 12.8 Å². The SMILES string of the molecule is CCCCCCCCCCCCCCCCC(O)C(COP(=O)([O-])OCC[N+](C)(C)C)NC(=O)CCCCCCCCCCCCCC. The molecule has 0 saturated carbocycles. The standard InChI is InChI=1S/C39H81N2O6P/c1-6-8-10-12-14-16-18-20-21-22-24-26-28-30-32-38(42)37(36-47-48(44,45)46-35-34-41(3,4)5)40-39(43)33-31-29-27-25-23-19-17-15-13-11-9-7-2/h37-38,42H,6-36H2,1-5H3,(H-,40,43,44,45). The van der Waals surface area contributed by atoms with Crippen LogP contribution in [0.25, 0.3) is 0 Å². The van der Waals surface area contributed by atoms with Crippen LogP contribution in [0, 0.1) is 0 Å². The zero-order valence-electron chi connectivity index (χ0n) is 32.5. The summed E-state index contributed by atoms with van der Waals surface area (Å²) in [5.74, 6) is -0.164. The lowest BCUT2D eigenvalue weighted by Gasteiger charge is -2.30. The fourth-order valence-electron chi connectivity index (χ4n) is 6.04. The third-order valence-electron chi connectivity index (χ3n) is 9.35. The molecule has 0 aromatic heterocycles. The molecule has 1 amide bonds. The Labute approximate surface area is 298 Å². The quantitative estimate of drug-likeness (QED) is 0.0379. The van der Waals surface area contributed by atoms with Crippen LogP contribution in [0.3, 0.4) is 0 Å². The van der Waals surface area contributed by atoms with E-state index in [4.69, 9.17) is 9.05 Å². The van der Waals surface area contributed by atoms with Crippen LogP contribution in [0.4, 0.5) is 0 Å². The Bertz CT molecular complexity index is 763. The number of amides is 1. The predicted molar refractivity (Wildman–Crippen MR) is 201 cm³/mol. The van der Waals surface area contributed by atoms with Gasteiger partial charge in [-0.1, -0.05) is 174 Å². The molecule has 0 bridgehead atoms. The second kappa shape index (κ2) is 32.4. The van der Waals surface area contributed by atoms with Crippen LogP contribution in [-0.4, -0.2) is 68.5 Å². The van der Waals surface area contributed by atoms with Crippen molar-refractivity contribution in [2.75, 3.05) is 40.9 Å². The van der Waals surface area contributed by atoms with Gasteiger partial charge in [-0.3, -0.25) is 9.36 Å². The second-order valence-corrected chi connectivity index (χ2v) is 16.8. The molecule has 0 rings (SSSR count). The van der Waals surface area contributed by atoms with Crippen molar-refractivity contribution in [1.82, 2.24) is 5.32 Å². The van der Waals surface area contributed by atoms with E-state index in [0.29, 0.717) is 23.9 Å². The summed E-state index contributed by atoms with van der Waals surface area (Å²) in [7, 11) is 1.31. The Morgan fingerprint density at radius 2 is 1.02 bits per heavy atom. The number of quaternary nitrogens is 1. The summed E-state index contributed by atoms with van der Waals surface area (Å²) in [6.07, 6.45) is 32.3. The first-order valence-electron chi connectivity index (χ1n) is 20.4. The Morgan fingerprint density at radius 3 is 1.42 bits per heavy atom. The van der Waals surface area contributed by atoms with Crippen molar-refractivity contribution in [3.05, 3.63) is 0 Å². The highest BCUT2D eigenvalue weighted by molar-refractivity contribution is 7.45. The van der Waals surface area contributed by atoms with E-state index in [1.54, 1.807) is 0 Å². The van der Waals surface area contributed by atoms with Crippen molar-refractivity contribution >= 4 is 13.7 Å². The van der Waals surface area contributed by atoms with E-state index in [0.717, 1.165) is 38.5 Å². The maximum Gasteiger partial charge on any atom is 0.268 e. The van der Waals surface area contributed by atoms with Crippen LogP contribution in [0.1, 0.15) is 194 Å². The molecule has 0 aliphatic rings. The maximum absolute atomic E-state index is 12.8. The van der Waals surface area contributed by atoms with Gasteiger partial charge in [0.2, 0.25) is 5.91 Å². The van der Waals surface area contributed by atoms with Crippen molar-refractivity contribution in [2.24, 2.45) is 0 Å². The number of hydrogen-bond acceptors (Lipinski definition) is 6. The zero-order valence-corrected chi connectivity index (χ0v) is 33.4. The number of unbranched alkanes of at least 4 members (excludes halogenated alkanes) is 24. The molecule has 2 N–H and O–H groups in total. The van der Waals surface area contributed by atoms with E-state index in [1.165, 1.54) is 128 Å². The number of aliphatic hydroxyl groups is 1. The molecule has 9 heteroatoms. The molecule has 0 spiro atoms. The monoisotopic (exact) mass is 705 g/mol. The van der Waals surface area contributed by atoms with Crippen molar-refractivity contribution in [3.63, 3.8) is 0 Å². The van der Waals surface area contributed by atoms with Crippen molar-refractivity contribution in [2.45, 2.75) is 206 Å². The molecule has 0 aromatic carbocycles. The lowest BCUT2D eigenvalue weighted by atomic mass is 10.0. The lowest BCUT2D eigenvalue weighted by Crippen LogP contribution is -2.46. The molecule has 0 aromatic rings. The van der Waals surface area contributed by atoms with Gasteiger partial charge in [0, 0.05) is 6.42 Å². The van der Waals surface area contributed by atoms with Crippen LogP contribution >= 0.6 is 7.82 Å². The first kappa shape index (κ1) is 47.5. The summed E-state index contributed by atoms with van der Waals surface area (Å²) in [6.45, 7) is 4.71. The average Bonchev–Trinajstić information content (AvgIpc) is 3.02. The van der Waals surface area contributed by atoms with Gasteiger partial charge in [-0.25, -0.2) is 0 Å². The molecule has 0 saturated heterocycles. The number of nitrogens with zero attached hydrogens (tertiary/aromatic N) is 1.